The lowest BCUT2D eigenvalue weighted by Gasteiger charge is -2.10. The molecule has 1 aromatic heterocycles. The summed E-state index contributed by atoms with van der Waals surface area (Å²) < 4.78 is 0. The summed E-state index contributed by atoms with van der Waals surface area (Å²) in [6, 6.07) is 6.35. The SMILES string of the molecule is CNc1ccc(C(=O)Nc2c(Cl)cc(Cl)cc2Cl)cn1. The molecule has 1 heterocycles. The van der Waals surface area contributed by atoms with E-state index in [1.165, 1.54) is 18.3 Å². The summed E-state index contributed by atoms with van der Waals surface area (Å²) in [6.45, 7) is 0. The molecule has 1 aromatic carbocycles. The Balaban J connectivity index is 2.23. The van der Waals surface area contributed by atoms with Crippen molar-refractivity contribution in [1.29, 1.82) is 0 Å². The van der Waals surface area contributed by atoms with Crippen LogP contribution in [0.3, 0.4) is 0 Å². The van der Waals surface area contributed by atoms with E-state index in [0.717, 1.165) is 0 Å². The average Bonchev–Trinajstić information content (AvgIpc) is 2.42. The highest BCUT2D eigenvalue weighted by molar-refractivity contribution is 6.42. The monoisotopic (exact) mass is 329 g/mol. The summed E-state index contributed by atoms with van der Waals surface area (Å²) in [7, 11) is 1.75. The van der Waals surface area contributed by atoms with Gasteiger partial charge in [0.2, 0.25) is 0 Å². The molecule has 0 bridgehead atoms. The minimum Gasteiger partial charge on any atom is -0.373 e. The van der Waals surface area contributed by atoms with Crippen molar-refractivity contribution >= 4 is 52.2 Å². The van der Waals surface area contributed by atoms with E-state index in [2.05, 4.69) is 15.6 Å². The third-order valence-corrected chi connectivity index (χ3v) is 3.34. The average molecular weight is 331 g/mol. The topological polar surface area (TPSA) is 54.0 Å². The molecule has 0 fully saturated rings. The standard InChI is InChI=1S/C13H10Cl3N3O/c1-17-11-3-2-7(6-18-11)13(20)19-12-9(15)4-8(14)5-10(12)16/h2-6H,1H3,(H,17,18)(H,19,20). The molecule has 0 aliphatic heterocycles. The molecule has 4 nitrogen and oxygen atoms in total. The van der Waals surface area contributed by atoms with E-state index in [9.17, 15) is 4.79 Å². The number of carbonyl (C=O) groups is 1. The summed E-state index contributed by atoms with van der Waals surface area (Å²) in [5, 5.41) is 6.45. The Morgan fingerprint density at radius 1 is 1.15 bits per heavy atom. The van der Waals surface area contributed by atoms with E-state index in [0.29, 0.717) is 22.1 Å². The molecule has 0 aliphatic rings. The highest BCUT2D eigenvalue weighted by Crippen LogP contribution is 2.33. The number of rotatable bonds is 3. The van der Waals surface area contributed by atoms with Gasteiger partial charge in [-0.05, 0) is 24.3 Å². The quantitative estimate of drug-likeness (QED) is 0.880. The van der Waals surface area contributed by atoms with Crippen LogP contribution in [-0.4, -0.2) is 17.9 Å². The molecule has 2 rings (SSSR count). The first-order chi connectivity index (χ1) is 9.51. The van der Waals surface area contributed by atoms with Gasteiger partial charge in [-0.15, -0.1) is 0 Å². The Morgan fingerprint density at radius 3 is 2.30 bits per heavy atom. The van der Waals surface area contributed by atoms with Crippen LogP contribution >= 0.6 is 34.8 Å². The van der Waals surface area contributed by atoms with Gasteiger partial charge in [0.1, 0.15) is 5.82 Å². The van der Waals surface area contributed by atoms with Gasteiger partial charge in [-0.1, -0.05) is 34.8 Å². The number of benzene rings is 1. The molecule has 0 spiro atoms. The number of anilines is 2. The van der Waals surface area contributed by atoms with Gasteiger partial charge in [-0.25, -0.2) is 4.98 Å². The molecule has 2 N–H and O–H groups in total. The number of nitrogens with one attached hydrogen (secondary N) is 2. The number of nitrogens with zero attached hydrogens (tertiary/aromatic N) is 1. The molecule has 20 heavy (non-hydrogen) atoms. The van der Waals surface area contributed by atoms with Gasteiger partial charge in [0.05, 0.1) is 21.3 Å². The highest BCUT2D eigenvalue weighted by Gasteiger charge is 2.13. The predicted octanol–water partition coefficient (Wildman–Crippen LogP) is 4.34. The zero-order valence-electron chi connectivity index (χ0n) is 10.4. The lowest BCUT2D eigenvalue weighted by atomic mass is 10.2. The molecule has 0 saturated heterocycles. The molecule has 7 heteroatoms. The number of halogens is 3. The van der Waals surface area contributed by atoms with Crippen LogP contribution in [0.2, 0.25) is 15.1 Å². The number of amides is 1. The second-order valence-corrected chi connectivity index (χ2v) is 5.13. The largest absolute Gasteiger partial charge is 0.373 e. The van der Waals surface area contributed by atoms with Crippen LogP contribution in [0.25, 0.3) is 0 Å². The van der Waals surface area contributed by atoms with Crippen molar-refractivity contribution in [2.24, 2.45) is 0 Å². The predicted molar refractivity (Wildman–Crippen MR) is 83.2 cm³/mol. The molecule has 0 atom stereocenters. The Hall–Kier alpha value is -1.49. The van der Waals surface area contributed by atoms with Gasteiger partial charge in [0.15, 0.2) is 0 Å². The fourth-order valence-electron chi connectivity index (χ4n) is 1.52. The lowest BCUT2D eigenvalue weighted by Crippen LogP contribution is -2.13. The Bertz CT molecular complexity index is 621. The summed E-state index contributed by atoms with van der Waals surface area (Å²) >= 11 is 17.8. The summed E-state index contributed by atoms with van der Waals surface area (Å²) in [5.41, 5.74) is 0.714. The molecule has 0 aliphatic carbocycles. The zero-order chi connectivity index (χ0) is 14.7. The van der Waals surface area contributed by atoms with Crippen LogP contribution in [0, 0.1) is 0 Å². The van der Waals surface area contributed by atoms with Crippen LogP contribution in [-0.2, 0) is 0 Å². The van der Waals surface area contributed by atoms with E-state index in [1.54, 1.807) is 19.2 Å². The van der Waals surface area contributed by atoms with Crippen molar-refractivity contribution in [3.63, 3.8) is 0 Å². The second-order valence-electron chi connectivity index (χ2n) is 3.88. The number of hydrogen-bond acceptors (Lipinski definition) is 3. The van der Waals surface area contributed by atoms with Crippen molar-refractivity contribution < 1.29 is 4.79 Å². The maximum atomic E-state index is 12.1. The van der Waals surface area contributed by atoms with Gasteiger partial charge >= 0.3 is 0 Å². The third kappa shape index (κ3) is 3.33. The van der Waals surface area contributed by atoms with Crippen LogP contribution in [0.5, 0.6) is 0 Å². The number of aromatic nitrogens is 1. The maximum absolute atomic E-state index is 12.1. The minimum absolute atomic E-state index is 0.274. The smallest absolute Gasteiger partial charge is 0.257 e. The lowest BCUT2D eigenvalue weighted by molar-refractivity contribution is 0.102. The van der Waals surface area contributed by atoms with Gasteiger partial charge in [-0.3, -0.25) is 4.79 Å². The molecule has 2 aromatic rings. The van der Waals surface area contributed by atoms with E-state index in [-0.39, 0.29) is 16.0 Å². The van der Waals surface area contributed by atoms with E-state index in [4.69, 9.17) is 34.8 Å². The van der Waals surface area contributed by atoms with Crippen LogP contribution < -0.4 is 10.6 Å². The summed E-state index contributed by atoms with van der Waals surface area (Å²) in [5.74, 6) is 0.315. The minimum atomic E-state index is -0.355. The van der Waals surface area contributed by atoms with Gasteiger partial charge in [0, 0.05) is 18.3 Å². The molecule has 0 unspecified atom stereocenters. The van der Waals surface area contributed by atoms with Gasteiger partial charge < -0.3 is 10.6 Å². The number of carbonyl (C=O) groups excluding carboxylic acids is 1. The van der Waals surface area contributed by atoms with E-state index >= 15 is 0 Å². The van der Waals surface area contributed by atoms with E-state index < -0.39 is 0 Å². The van der Waals surface area contributed by atoms with Crippen LogP contribution in [0.15, 0.2) is 30.5 Å². The number of hydrogen-bond donors (Lipinski definition) is 2. The highest BCUT2D eigenvalue weighted by atomic mass is 35.5. The molecular formula is C13H10Cl3N3O. The molecule has 104 valence electrons. The Labute approximate surface area is 131 Å². The van der Waals surface area contributed by atoms with Crippen molar-refractivity contribution in [3.8, 4) is 0 Å². The molecule has 1 amide bonds. The van der Waals surface area contributed by atoms with Gasteiger partial charge in [0.25, 0.3) is 5.91 Å². The normalized spacial score (nSPS) is 10.2. The fraction of sp³-hybridized carbons (Fsp3) is 0.0769. The second kappa shape index (κ2) is 6.31. The Morgan fingerprint density at radius 2 is 1.80 bits per heavy atom. The maximum Gasteiger partial charge on any atom is 0.257 e. The fourth-order valence-corrected chi connectivity index (χ4v) is 2.43. The first kappa shape index (κ1) is 14.9. The van der Waals surface area contributed by atoms with Crippen molar-refractivity contribution in [1.82, 2.24) is 4.98 Å². The number of pyridine rings is 1. The van der Waals surface area contributed by atoms with Crippen molar-refractivity contribution in [2.75, 3.05) is 17.7 Å². The summed E-state index contributed by atoms with van der Waals surface area (Å²) in [6.07, 6.45) is 1.46. The third-order valence-electron chi connectivity index (χ3n) is 2.53. The first-order valence-corrected chi connectivity index (χ1v) is 6.74. The van der Waals surface area contributed by atoms with Gasteiger partial charge in [-0.2, -0.15) is 0 Å². The Kier molecular flexibility index (Phi) is 4.70. The van der Waals surface area contributed by atoms with Crippen molar-refractivity contribution in [3.05, 3.63) is 51.1 Å². The zero-order valence-corrected chi connectivity index (χ0v) is 12.6. The summed E-state index contributed by atoms with van der Waals surface area (Å²) in [4.78, 5) is 16.1. The molecular weight excluding hydrogens is 321 g/mol. The van der Waals surface area contributed by atoms with Crippen LogP contribution in [0.4, 0.5) is 11.5 Å². The molecule has 0 radical (unpaired) electrons. The van der Waals surface area contributed by atoms with E-state index in [1.807, 2.05) is 0 Å². The van der Waals surface area contributed by atoms with Crippen LogP contribution in [0.1, 0.15) is 10.4 Å². The van der Waals surface area contributed by atoms with Crippen molar-refractivity contribution in [2.45, 2.75) is 0 Å². The first-order valence-electron chi connectivity index (χ1n) is 5.61. The molecule has 0 saturated carbocycles.